The van der Waals surface area contributed by atoms with Crippen molar-refractivity contribution in [2.45, 2.75) is 38.5 Å². The highest BCUT2D eigenvalue weighted by molar-refractivity contribution is 6.25. The first kappa shape index (κ1) is 36.3. The third-order valence-electron chi connectivity index (χ3n) is 13.0. The lowest BCUT2D eigenvalue weighted by molar-refractivity contribution is 0.801. The number of hydrogen-bond acceptors (Lipinski definition) is 2. The van der Waals surface area contributed by atoms with E-state index >= 15 is 0 Å². The SMILES string of the molecule is c1ccc(-c2nc(-c3cc4ccc3CCCc3ccc(cc3-c3nc(-c5ccc6ccc7cccc8ccc5c6c78)c(-c5ccccc5)[nH]3)CCC4)[nH]c2-c2ccccc2)cc1. The van der Waals surface area contributed by atoms with Gasteiger partial charge >= 0.3 is 0 Å². The molecular weight excluding hydrogens is 753 g/mol. The van der Waals surface area contributed by atoms with Crippen LogP contribution >= 0.6 is 0 Å². The summed E-state index contributed by atoms with van der Waals surface area (Å²) >= 11 is 0. The van der Waals surface area contributed by atoms with Gasteiger partial charge in [-0.1, -0.05) is 170 Å². The van der Waals surface area contributed by atoms with Crippen molar-refractivity contribution in [3.63, 3.8) is 0 Å². The lowest BCUT2D eigenvalue weighted by atomic mass is 9.90. The van der Waals surface area contributed by atoms with E-state index in [2.05, 4.69) is 192 Å². The number of hydrogen-bond donors (Lipinski definition) is 2. The summed E-state index contributed by atoms with van der Waals surface area (Å²) < 4.78 is 0. The second-order valence-electron chi connectivity index (χ2n) is 16.9. The number of aromatic nitrogens is 4. The number of aryl methyl sites for hydroxylation is 4. The Balaban J connectivity index is 0.943. The van der Waals surface area contributed by atoms with Crippen molar-refractivity contribution in [3.05, 3.63) is 204 Å². The van der Waals surface area contributed by atoms with Crippen LogP contribution in [0, 0.1) is 0 Å². The molecule has 0 saturated heterocycles. The van der Waals surface area contributed by atoms with Crippen molar-refractivity contribution in [1.29, 1.82) is 0 Å². The highest BCUT2D eigenvalue weighted by Gasteiger charge is 2.22. The van der Waals surface area contributed by atoms with Gasteiger partial charge in [-0.05, 0) is 105 Å². The molecule has 2 aromatic heterocycles. The molecule has 0 unspecified atom stereocenters. The molecule has 0 radical (unpaired) electrons. The average molecular weight is 797 g/mol. The fourth-order valence-electron chi connectivity index (χ4n) is 9.97. The molecule has 4 nitrogen and oxygen atoms in total. The maximum absolute atomic E-state index is 5.60. The Morgan fingerprint density at radius 2 is 0.839 bits per heavy atom. The number of rotatable bonds is 6. The van der Waals surface area contributed by atoms with Gasteiger partial charge in [0.1, 0.15) is 11.6 Å². The number of nitrogens with zero attached hydrogens (tertiary/aromatic N) is 2. The van der Waals surface area contributed by atoms with Gasteiger partial charge in [-0.3, -0.25) is 0 Å². The first-order valence-corrected chi connectivity index (χ1v) is 22.0. The van der Waals surface area contributed by atoms with Crippen molar-refractivity contribution in [1.82, 2.24) is 19.9 Å². The molecule has 296 valence electrons. The first-order valence-electron chi connectivity index (χ1n) is 22.0. The molecule has 0 saturated carbocycles. The van der Waals surface area contributed by atoms with Crippen LogP contribution in [0.5, 0.6) is 0 Å². The summed E-state index contributed by atoms with van der Waals surface area (Å²) in [7, 11) is 0. The molecule has 4 heteroatoms. The minimum Gasteiger partial charge on any atom is -0.337 e. The van der Waals surface area contributed by atoms with Crippen molar-refractivity contribution < 1.29 is 0 Å². The number of imidazole rings is 2. The third-order valence-corrected chi connectivity index (χ3v) is 13.0. The van der Waals surface area contributed by atoms with Gasteiger partial charge in [-0.2, -0.15) is 0 Å². The Labute approximate surface area is 361 Å². The summed E-state index contributed by atoms with van der Waals surface area (Å²) in [6.45, 7) is 0. The average Bonchev–Trinajstić information content (AvgIpc) is 3.99. The summed E-state index contributed by atoms with van der Waals surface area (Å²) in [4.78, 5) is 18.7. The van der Waals surface area contributed by atoms with Gasteiger partial charge in [0.2, 0.25) is 0 Å². The molecule has 62 heavy (non-hydrogen) atoms. The van der Waals surface area contributed by atoms with Crippen LogP contribution in [0.3, 0.4) is 0 Å². The van der Waals surface area contributed by atoms with Gasteiger partial charge in [0, 0.05) is 33.4 Å². The van der Waals surface area contributed by atoms with Crippen LogP contribution in [-0.4, -0.2) is 19.9 Å². The van der Waals surface area contributed by atoms with E-state index in [1.807, 2.05) is 0 Å². The number of aromatic amines is 2. The van der Waals surface area contributed by atoms with Crippen molar-refractivity contribution in [2.24, 2.45) is 0 Å². The van der Waals surface area contributed by atoms with Crippen LogP contribution in [-0.2, 0) is 25.7 Å². The van der Waals surface area contributed by atoms with Crippen LogP contribution < -0.4 is 0 Å². The van der Waals surface area contributed by atoms with Crippen molar-refractivity contribution in [3.8, 4) is 67.8 Å². The zero-order valence-electron chi connectivity index (χ0n) is 34.5. The summed E-state index contributed by atoms with van der Waals surface area (Å²) in [6.07, 6.45) is 5.86. The highest BCUT2D eigenvalue weighted by atomic mass is 14.9. The molecule has 4 aliphatic rings. The minimum absolute atomic E-state index is 0.926. The minimum atomic E-state index is 0.926. The van der Waals surface area contributed by atoms with E-state index in [0.717, 1.165) is 95.2 Å². The molecular formula is C58H44N4. The maximum Gasteiger partial charge on any atom is 0.138 e. The number of H-pyrrole nitrogens is 2. The van der Waals surface area contributed by atoms with Gasteiger partial charge in [-0.15, -0.1) is 0 Å². The molecule has 2 heterocycles. The van der Waals surface area contributed by atoms with E-state index in [-0.39, 0.29) is 0 Å². The Kier molecular flexibility index (Phi) is 8.88. The Hall–Kier alpha value is -7.56. The zero-order valence-corrected chi connectivity index (χ0v) is 34.5. The molecule has 9 aromatic carbocycles. The fraction of sp³-hybridized carbons (Fsp3) is 0.103. The smallest absolute Gasteiger partial charge is 0.138 e. The standard InChI is InChI=1S/C58H44N4/c1-4-15-44(16-5-1)53-54(45-17-6-2-7-18-45)60-57(59-53)49-35-37-13-10-14-38-26-28-40(22-11-21-39(49)27-25-37)50(36-38)58-61-55(46-19-8-3-9-20-46)56(62-58)48-34-32-43-30-29-41-23-12-24-42-31-33-47(48)52(43)51(41)42/h1-9,12,15-20,23-36H,10-11,13-14,21-22H2,(H,59,60)(H,61,62). The quantitative estimate of drug-likeness (QED) is 0.165. The maximum atomic E-state index is 5.60. The molecule has 0 fully saturated rings. The lowest BCUT2D eigenvalue weighted by Crippen LogP contribution is -2.01. The molecule has 4 bridgehead atoms. The molecule has 0 atom stereocenters. The van der Waals surface area contributed by atoms with Crippen LogP contribution in [0.25, 0.3) is 100 Å². The van der Waals surface area contributed by atoms with E-state index in [1.165, 1.54) is 65.7 Å². The summed E-state index contributed by atoms with van der Waals surface area (Å²) in [5.74, 6) is 1.86. The van der Waals surface area contributed by atoms with E-state index in [4.69, 9.17) is 9.97 Å². The summed E-state index contributed by atoms with van der Waals surface area (Å²) in [5, 5.41) is 7.65. The third kappa shape index (κ3) is 6.38. The summed E-state index contributed by atoms with van der Waals surface area (Å²) in [5.41, 5.74) is 16.3. The normalized spacial score (nSPS) is 13.1. The molecule has 4 aliphatic carbocycles. The largest absolute Gasteiger partial charge is 0.337 e. The Morgan fingerprint density at radius 1 is 0.355 bits per heavy atom. The van der Waals surface area contributed by atoms with Crippen LogP contribution in [0.15, 0.2) is 182 Å². The van der Waals surface area contributed by atoms with E-state index in [0.29, 0.717) is 0 Å². The Morgan fingerprint density at radius 3 is 1.44 bits per heavy atom. The predicted molar refractivity (Wildman–Crippen MR) is 258 cm³/mol. The van der Waals surface area contributed by atoms with Gasteiger partial charge < -0.3 is 9.97 Å². The topological polar surface area (TPSA) is 57.4 Å². The van der Waals surface area contributed by atoms with Crippen LogP contribution in [0.2, 0.25) is 0 Å². The van der Waals surface area contributed by atoms with Crippen LogP contribution in [0.4, 0.5) is 0 Å². The molecule has 0 amide bonds. The Bertz CT molecular complexity index is 3320. The zero-order chi connectivity index (χ0) is 41.0. The molecule has 2 N–H and O–H groups in total. The van der Waals surface area contributed by atoms with Crippen molar-refractivity contribution in [2.75, 3.05) is 0 Å². The molecule has 0 aliphatic heterocycles. The van der Waals surface area contributed by atoms with E-state index in [1.54, 1.807) is 0 Å². The van der Waals surface area contributed by atoms with Gasteiger partial charge in [0.15, 0.2) is 0 Å². The summed E-state index contributed by atoms with van der Waals surface area (Å²) in [6, 6.07) is 66.3. The van der Waals surface area contributed by atoms with Crippen molar-refractivity contribution >= 4 is 32.3 Å². The second-order valence-corrected chi connectivity index (χ2v) is 16.9. The van der Waals surface area contributed by atoms with E-state index < -0.39 is 0 Å². The van der Waals surface area contributed by atoms with Gasteiger partial charge in [0.25, 0.3) is 0 Å². The van der Waals surface area contributed by atoms with E-state index in [9.17, 15) is 0 Å². The van der Waals surface area contributed by atoms with Gasteiger partial charge in [-0.25, -0.2) is 9.97 Å². The molecule has 11 aromatic rings. The molecule has 0 spiro atoms. The predicted octanol–water partition coefficient (Wildman–Crippen LogP) is 14.7. The second kappa shape index (κ2) is 15.2. The van der Waals surface area contributed by atoms with Crippen LogP contribution in [0.1, 0.15) is 35.1 Å². The number of benzene rings is 9. The highest BCUT2D eigenvalue weighted by Crippen LogP contribution is 2.43. The van der Waals surface area contributed by atoms with Gasteiger partial charge in [0.05, 0.1) is 22.8 Å². The fourth-order valence-corrected chi connectivity index (χ4v) is 9.97. The first-order chi connectivity index (χ1) is 30.7. The lowest BCUT2D eigenvalue weighted by Gasteiger charge is -2.15. The number of nitrogens with one attached hydrogen (secondary N) is 2. The monoisotopic (exact) mass is 796 g/mol. The molecule has 15 rings (SSSR count).